The average Bonchev–Trinajstić information content (AvgIpc) is 3.40. The molecule has 1 aliphatic heterocycles. The molecule has 44 heavy (non-hydrogen) atoms. The molecule has 2 aromatic heterocycles. The summed E-state index contributed by atoms with van der Waals surface area (Å²) in [7, 11) is 0. The van der Waals surface area contributed by atoms with Crippen molar-refractivity contribution in [3.05, 3.63) is 64.9 Å². The molecule has 0 spiro atoms. The average molecular weight is 620 g/mol. The van der Waals surface area contributed by atoms with Crippen LogP contribution in [0.1, 0.15) is 122 Å². The van der Waals surface area contributed by atoms with E-state index in [9.17, 15) is 4.79 Å². The predicted octanol–water partition coefficient (Wildman–Crippen LogP) is 10.9. The minimum Gasteiger partial charge on any atom is -0.332 e. The number of piperidine rings is 1. The summed E-state index contributed by atoms with van der Waals surface area (Å²) < 4.78 is 2.22. The Morgan fingerprint density at radius 2 is 1.55 bits per heavy atom. The number of carbonyl (C=O) groups is 1. The maximum Gasteiger partial charge on any atom is 0.169 e. The van der Waals surface area contributed by atoms with Gasteiger partial charge in [-0.15, -0.1) is 0 Å². The smallest absolute Gasteiger partial charge is 0.169 e. The van der Waals surface area contributed by atoms with E-state index < -0.39 is 0 Å². The Kier molecular flexibility index (Phi) is 12.9. The van der Waals surface area contributed by atoms with Crippen molar-refractivity contribution in [2.45, 2.75) is 119 Å². The lowest BCUT2D eigenvalue weighted by atomic mass is 9.60. The van der Waals surface area contributed by atoms with Crippen molar-refractivity contribution in [3.8, 4) is 0 Å². The molecule has 0 aliphatic carbocycles. The number of fused-ring (bicyclic) bond motifs is 1. The van der Waals surface area contributed by atoms with Gasteiger partial charge in [-0.25, -0.2) is 4.98 Å². The van der Waals surface area contributed by atoms with Gasteiger partial charge >= 0.3 is 0 Å². The molecule has 4 nitrogen and oxygen atoms in total. The fourth-order valence-corrected chi connectivity index (χ4v) is 8.71. The normalized spacial score (nSPS) is 16.5. The van der Waals surface area contributed by atoms with Crippen LogP contribution >= 0.6 is 11.6 Å². The second kappa shape index (κ2) is 16.4. The largest absolute Gasteiger partial charge is 0.332 e. The zero-order chi connectivity index (χ0) is 31.7. The van der Waals surface area contributed by atoms with Crippen LogP contribution in [0, 0.1) is 29.1 Å². The van der Waals surface area contributed by atoms with E-state index in [1.165, 1.54) is 50.5 Å². The van der Waals surface area contributed by atoms with Gasteiger partial charge in [-0.2, -0.15) is 0 Å². The second-order valence-corrected chi connectivity index (χ2v) is 14.9. The zero-order valence-corrected chi connectivity index (χ0v) is 29.2. The summed E-state index contributed by atoms with van der Waals surface area (Å²) in [6.45, 7) is 18.2. The second-order valence-electron chi connectivity index (χ2n) is 14.5. The highest BCUT2D eigenvalue weighted by molar-refractivity contribution is 6.35. The molecule has 1 fully saturated rings. The van der Waals surface area contributed by atoms with E-state index in [0.29, 0.717) is 16.0 Å². The minimum absolute atomic E-state index is 0.0311. The Labute approximate surface area is 273 Å². The summed E-state index contributed by atoms with van der Waals surface area (Å²) >= 11 is 6.66. The molecule has 0 saturated carbocycles. The van der Waals surface area contributed by atoms with Crippen molar-refractivity contribution in [2.24, 2.45) is 29.1 Å². The lowest BCUT2D eigenvalue weighted by molar-refractivity contribution is 0.0356. The molecule has 1 aromatic carbocycles. The third kappa shape index (κ3) is 8.35. The zero-order valence-electron chi connectivity index (χ0n) is 28.5. The van der Waals surface area contributed by atoms with Crippen molar-refractivity contribution in [2.75, 3.05) is 13.1 Å². The summed E-state index contributed by atoms with van der Waals surface area (Å²) in [5, 5.41) is 1.39. The molecule has 0 radical (unpaired) electrons. The standard InChI is InChI=1S/C39H58ClN3O/c1-29(2)39(30(3)4,31(5)6)22-15-10-8-7-9-11-16-24-43-25-21-34-36(35(40)26-41-38(34)43)37(44)33-20-17-23-42(28-33)27-32-18-13-12-14-19-32/h12-14,18-19,21,25-26,29-31,33H,7-11,15-17,20,22-24,27-28H2,1-6H3. The fourth-order valence-electron chi connectivity index (χ4n) is 8.47. The number of pyridine rings is 1. The van der Waals surface area contributed by atoms with Crippen LogP contribution in [-0.2, 0) is 13.1 Å². The van der Waals surface area contributed by atoms with Gasteiger partial charge in [-0.3, -0.25) is 9.69 Å². The van der Waals surface area contributed by atoms with Crippen LogP contribution in [0.2, 0.25) is 5.02 Å². The number of carbonyl (C=O) groups excluding carboxylic acids is 1. The van der Waals surface area contributed by atoms with Gasteiger partial charge in [0.15, 0.2) is 5.78 Å². The van der Waals surface area contributed by atoms with Gasteiger partial charge < -0.3 is 4.57 Å². The van der Waals surface area contributed by atoms with Crippen LogP contribution in [0.4, 0.5) is 0 Å². The van der Waals surface area contributed by atoms with Crippen molar-refractivity contribution < 1.29 is 4.79 Å². The molecular formula is C39H58ClN3O. The lowest BCUT2D eigenvalue weighted by Gasteiger charge is -2.45. The van der Waals surface area contributed by atoms with Crippen molar-refractivity contribution in [3.63, 3.8) is 0 Å². The number of rotatable bonds is 17. The molecule has 242 valence electrons. The molecule has 0 amide bonds. The molecule has 1 unspecified atom stereocenters. The van der Waals surface area contributed by atoms with Gasteiger partial charge in [0, 0.05) is 48.9 Å². The monoisotopic (exact) mass is 619 g/mol. The van der Waals surface area contributed by atoms with Crippen molar-refractivity contribution in [1.82, 2.24) is 14.5 Å². The molecule has 1 saturated heterocycles. The highest BCUT2D eigenvalue weighted by Crippen LogP contribution is 2.47. The quantitative estimate of drug-likeness (QED) is 0.111. The molecular weight excluding hydrogens is 562 g/mol. The number of Topliss-reactive ketones (excluding diaryl/α,β-unsaturated/α-hetero) is 1. The van der Waals surface area contributed by atoms with Crippen LogP contribution in [0.3, 0.4) is 0 Å². The van der Waals surface area contributed by atoms with Gasteiger partial charge in [-0.05, 0) is 67.0 Å². The summed E-state index contributed by atoms with van der Waals surface area (Å²) in [4.78, 5) is 20.9. The molecule has 1 atom stereocenters. The summed E-state index contributed by atoms with van der Waals surface area (Å²) in [6.07, 6.45) is 16.1. The maximum absolute atomic E-state index is 13.9. The van der Waals surface area contributed by atoms with Crippen molar-refractivity contribution in [1.29, 1.82) is 0 Å². The first-order valence-corrected chi connectivity index (χ1v) is 18.0. The number of hydrogen-bond acceptors (Lipinski definition) is 3. The fraction of sp³-hybridized carbons (Fsp3) is 0.641. The van der Waals surface area contributed by atoms with E-state index in [-0.39, 0.29) is 11.7 Å². The van der Waals surface area contributed by atoms with Crippen LogP contribution in [0.5, 0.6) is 0 Å². The molecule has 0 N–H and O–H groups in total. The van der Waals surface area contributed by atoms with Crippen LogP contribution < -0.4 is 0 Å². The number of benzene rings is 1. The number of aromatic nitrogens is 2. The Bertz CT molecular complexity index is 1290. The Hall–Kier alpha value is -2.17. The summed E-state index contributed by atoms with van der Waals surface area (Å²) in [6, 6.07) is 12.6. The van der Waals surface area contributed by atoms with E-state index in [1.807, 2.05) is 0 Å². The van der Waals surface area contributed by atoms with E-state index in [4.69, 9.17) is 11.6 Å². The highest BCUT2D eigenvalue weighted by atomic mass is 35.5. The molecule has 1 aliphatic rings. The number of likely N-dealkylation sites (tertiary alicyclic amines) is 1. The number of halogens is 1. The third-order valence-corrected chi connectivity index (χ3v) is 11.1. The number of ketones is 1. The van der Waals surface area contributed by atoms with Gasteiger partial charge in [0.05, 0.1) is 5.02 Å². The molecule has 5 heteroatoms. The maximum atomic E-state index is 13.9. The number of hydrogen-bond donors (Lipinski definition) is 0. The van der Waals surface area contributed by atoms with Gasteiger partial charge in [0.25, 0.3) is 0 Å². The van der Waals surface area contributed by atoms with Crippen LogP contribution in [0.25, 0.3) is 11.0 Å². The van der Waals surface area contributed by atoms with Gasteiger partial charge in [0.2, 0.25) is 0 Å². The summed E-state index contributed by atoms with van der Waals surface area (Å²) in [5.41, 5.74) is 3.31. The van der Waals surface area contributed by atoms with Crippen molar-refractivity contribution >= 4 is 28.4 Å². The SMILES string of the molecule is CC(C)C(CCCCCCCCCn1ccc2c(C(=O)C3CCCN(Cc4ccccc4)C3)c(Cl)cnc21)(C(C)C)C(C)C. The topological polar surface area (TPSA) is 38.1 Å². The van der Waals surface area contributed by atoms with Gasteiger partial charge in [0.1, 0.15) is 5.65 Å². The number of aryl methyl sites for hydroxylation is 1. The van der Waals surface area contributed by atoms with E-state index >= 15 is 0 Å². The first kappa shape index (κ1) is 34.7. The van der Waals surface area contributed by atoms with E-state index in [1.54, 1.807) is 6.20 Å². The Morgan fingerprint density at radius 1 is 0.909 bits per heavy atom. The first-order chi connectivity index (χ1) is 21.1. The lowest BCUT2D eigenvalue weighted by Crippen LogP contribution is -2.38. The molecule has 4 rings (SSSR count). The molecule has 3 aromatic rings. The predicted molar refractivity (Wildman–Crippen MR) is 187 cm³/mol. The number of nitrogens with zero attached hydrogens (tertiary/aromatic N) is 3. The van der Waals surface area contributed by atoms with E-state index in [0.717, 1.165) is 74.2 Å². The third-order valence-electron chi connectivity index (χ3n) is 10.8. The first-order valence-electron chi connectivity index (χ1n) is 17.6. The Morgan fingerprint density at radius 3 is 2.20 bits per heavy atom. The van der Waals surface area contributed by atoms with Crippen LogP contribution in [0.15, 0.2) is 48.8 Å². The minimum atomic E-state index is -0.0311. The molecule has 0 bridgehead atoms. The van der Waals surface area contributed by atoms with Crippen LogP contribution in [-0.4, -0.2) is 33.3 Å². The van der Waals surface area contributed by atoms with E-state index in [2.05, 4.69) is 98.6 Å². The number of unbranched alkanes of at least 4 members (excludes halogenated alkanes) is 6. The van der Waals surface area contributed by atoms with Gasteiger partial charge in [-0.1, -0.05) is 122 Å². The Balaban J connectivity index is 1.25. The molecule has 3 heterocycles. The summed E-state index contributed by atoms with van der Waals surface area (Å²) in [5.74, 6) is 2.33. The highest BCUT2D eigenvalue weighted by Gasteiger charge is 2.39.